The molecule has 1 aromatic rings. The van der Waals surface area contributed by atoms with Gasteiger partial charge in [-0.1, -0.05) is 49.8 Å². The van der Waals surface area contributed by atoms with Crippen LogP contribution in [0.25, 0.3) is 4.91 Å². The number of hydrogen-bond donors (Lipinski definition) is 0. The summed E-state index contributed by atoms with van der Waals surface area (Å²) in [6, 6.07) is 10.5. The van der Waals surface area contributed by atoms with E-state index in [4.69, 9.17) is 0 Å². The van der Waals surface area contributed by atoms with Crippen molar-refractivity contribution in [1.29, 1.82) is 0 Å². The second-order valence-electron chi connectivity index (χ2n) is 3.81. The first-order chi connectivity index (χ1) is 6.86. The maximum absolute atomic E-state index is 4.15. The summed E-state index contributed by atoms with van der Waals surface area (Å²) in [5.74, 6) is 0. The fourth-order valence-corrected chi connectivity index (χ4v) is 3.14. The molecule has 1 saturated carbocycles. The van der Waals surface area contributed by atoms with Crippen molar-refractivity contribution in [3.63, 3.8) is 0 Å². The Balaban J connectivity index is 1.95. The van der Waals surface area contributed by atoms with Crippen molar-refractivity contribution < 1.29 is 0 Å². The van der Waals surface area contributed by atoms with Crippen LogP contribution in [0.15, 0.2) is 36.9 Å². The highest BCUT2D eigenvalue weighted by atomic mass is 32.2. The second kappa shape index (κ2) is 4.70. The van der Waals surface area contributed by atoms with Gasteiger partial charge in [-0.3, -0.25) is 0 Å². The minimum absolute atomic E-state index is 0.822. The quantitative estimate of drug-likeness (QED) is 0.706. The molecule has 74 valence electrons. The molecule has 14 heavy (non-hydrogen) atoms. The SMILES string of the molecule is C=C(SC1CCCC1)c1ccccc1. The first kappa shape index (κ1) is 9.85. The lowest BCUT2D eigenvalue weighted by molar-refractivity contribution is 0.886. The number of rotatable bonds is 3. The van der Waals surface area contributed by atoms with E-state index < -0.39 is 0 Å². The highest BCUT2D eigenvalue weighted by Gasteiger charge is 2.16. The van der Waals surface area contributed by atoms with Crippen LogP contribution in [-0.2, 0) is 0 Å². The molecule has 1 aromatic carbocycles. The van der Waals surface area contributed by atoms with E-state index in [-0.39, 0.29) is 0 Å². The van der Waals surface area contributed by atoms with E-state index in [0.29, 0.717) is 0 Å². The van der Waals surface area contributed by atoms with Gasteiger partial charge in [0.2, 0.25) is 0 Å². The summed E-state index contributed by atoms with van der Waals surface area (Å²) in [6.45, 7) is 4.15. The molecule has 0 nitrogen and oxygen atoms in total. The minimum atomic E-state index is 0.822. The van der Waals surface area contributed by atoms with Gasteiger partial charge in [0.1, 0.15) is 0 Å². The van der Waals surface area contributed by atoms with E-state index in [1.165, 1.54) is 36.2 Å². The number of thioether (sulfide) groups is 1. The van der Waals surface area contributed by atoms with Crippen molar-refractivity contribution in [3.05, 3.63) is 42.5 Å². The molecule has 1 heteroatoms. The van der Waals surface area contributed by atoms with Crippen LogP contribution in [-0.4, -0.2) is 5.25 Å². The monoisotopic (exact) mass is 204 g/mol. The largest absolute Gasteiger partial charge is 0.123 e. The van der Waals surface area contributed by atoms with Gasteiger partial charge in [0, 0.05) is 10.2 Å². The maximum atomic E-state index is 4.15. The van der Waals surface area contributed by atoms with Crippen molar-refractivity contribution in [3.8, 4) is 0 Å². The van der Waals surface area contributed by atoms with Gasteiger partial charge in [-0.25, -0.2) is 0 Å². The highest BCUT2D eigenvalue weighted by molar-refractivity contribution is 8.08. The average Bonchev–Trinajstić information content (AvgIpc) is 2.72. The summed E-state index contributed by atoms with van der Waals surface area (Å²) < 4.78 is 0. The first-order valence-electron chi connectivity index (χ1n) is 5.27. The molecule has 2 rings (SSSR count). The van der Waals surface area contributed by atoms with Crippen molar-refractivity contribution in [2.45, 2.75) is 30.9 Å². The maximum Gasteiger partial charge on any atom is 0.00944 e. The molecule has 0 unspecified atom stereocenters. The zero-order chi connectivity index (χ0) is 9.80. The predicted octanol–water partition coefficient (Wildman–Crippen LogP) is 4.33. The lowest BCUT2D eigenvalue weighted by Crippen LogP contribution is -1.93. The summed E-state index contributed by atoms with van der Waals surface area (Å²) in [5, 5.41) is 0.822. The molecular formula is C13H16S. The van der Waals surface area contributed by atoms with Crippen LogP contribution >= 0.6 is 11.8 Å². The van der Waals surface area contributed by atoms with Crippen molar-refractivity contribution in [1.82, 2.24) is 0 Å². The van der Waals surface area contributed by atoms with Gasteiger partial charge < -0.3 is 0 Å². The van der Waals surface area contributed by atoms with Gasteiger partial charge in [-0.05, 0) is 18.4 Å². The van der Waals surface area contributed by atoms with Crippen molar-refractivity contribution in [2.75, 3.05) is 0 Å². The van der Waals surface area contributed by atoms with Crippen LogP contribution in [0.1, 0.15) is 31.2 Å². The minimum Gasteiger partial charge on any atom is -0.123 e. The van der Waals surface area contributed by atoms with Crippen LogP contribution in [0, 0.1) is 0 Å². The lowest BCUT2D eigenvalue weighted by Gasteiger charge is -2.10. The molecule has 1 aliphatic rings. The molecule has 0 spiro atoms. The Morgan fingerprint density at radius 1 is 1.14 bits per heavy atom. The molecule has 0 radical (unpaired) electrons. The van der Waals surface area contributed by atoms with E-state index in [2.05, 4.69) is 36.9 Å². The van der Waals surface area contributed by atoms with Gasteiger partial charge in [0.15, 0.2) is 0 Å². The van der Waals surface area contributed by atoms with Crippen LogP contribution < -0.4 is 0 Å². The molecule has 0 N–H and O–H groups in total. The zero-order valence-electron chi connectivity index (χ0n) is 8.41. The zero-order valence-corrected chi connectivity index (χ0v) is 9.22. The van der Waals surface area contributed by atoms with E-state index in [1.807, 2.05) is 11.8 Å². The molecule has 0 saturated heterocycles. The normalized spacial score (nSPS) is 17.1. The molecule has 0 heterocycles. The molecule has 1 aliphatic carbocycles. The van der Waals surface area contributed by atoms with Crippen LogP contribution in [0.4, 0.5) is 0 Å². The van der Waals surface area contributed by atoms with Crippen LogP contribution in [0.3, 0.4) is 0 Å². The predicted molar refractivity (Wildman–Crippen MR) is 65.3 cm³/mol. The van der Waals surface area contributed by atoms with Gasteiger partial charge in [-0.2, -0.15) is 0 Å². The van der Waals surface area contributed by atoms with Crippen molar-refractivity contribution >= 4 is 16.7 Å². The summed E-state index contributed by atoms with van der Waals surface area (Å²) in [6.07, 6.45) is 5.55. The van der Waals surface area contributed by atoms with E-state index >= 15 is 0 Å². The van der Waals surface area contributed by atoms with Gasteiger partial charge in [0.05, 0.1) is 0 Å². The standard InChI is InChI=1S/C13H16S/c1-11(12-7-3-2-4-8-12)14-13-9-5-6-10-13/h2-4,7-8,13H,1,5-6,9-10H2. The third-order valence-electron chi connectivity index (χ3n) is 2.71. The molecule has 0 bridgehead atoms. The average molecular weight is 204 g/mol. The smallest absolute Gasteiger partial charge is 0.00944 e. The Hall–Kier alpha value is -0.690. The fraction of sp³-hybridized carbons (Fsp3) is 0.385. The Bertz CT molecular complexity index is 296. The Labute approximate surface area is 90.4 Å². The van der Waals surface area contributed by atoms with Crippen LogP contribution in [0.5, 0.6) is 0 Å². The second-order valence-corrected chi connectivity index (χ2v) is 5.21. The Morgan fingerprint density at radius 3 is 2.43 bits per heavy atom. The highest BCUT2D eigenvalue weighted by Crippen LogP contribution is 2.37. The number of hydrogen-bond acceptors (Lipinski definition) is 1. The summed E-state index contributed by atoms with van der Waals surface area (Å²) in [7, 11) is 0. The van der Waals surface area contributed by atoms with E-state index in [0.717, 1.165) is 5.25 Å². The molecule has 0 aliphatic heterocycles. The lowest BCUT2D eigenvalue weighted by atomic mass is 10.2. The topological polar surface area (TPSA) is 0 Å². The van der Waals surface area contributed by atoms with Crippen LogP contribution in [0.2, 0.25) is 0 Å². The van der Waals surface area contributed by atoms with Gasteiger partial charge in [0.25, 0.3) is 0 Å². The molecular weight excluding hydrogens is 188 g/mol. The fourth-order valence-electron chi connectivity index (χ4n) is 1.90. The molecule has 1 fully saturated rings. The Morgan fingerprint density at radius 2 is 1.79 bits per heavy atom. The molecule has 0 amide bonds. The van der Waals surface area contributed by atoms with E-state index in [1.54, 1.807) is 0 Å². The number of benzene rings is 1. The third-order valence-corrected chi connectivity index (χ3v) is 4.03. The molecule has 0 atom stereocenters. The summed E-state index contributed by atoms with van der Waals surface area (Å²) >= 11 is 1.97. The molecule has 0 aromatic heterocycles. The summed E-state index contributed by atoms with van der Waals surface area (Å²) in [5.41, 5.74) is 1.28. The Kier molecular flexibility index (Phi) is 3.30. The van der Waals surface area contributed by atoms with Gasteiger partial charge in [-0.15, -0.1) is 11.8 Å². The third kappa shape index (κ3) is 2.42. The van der Waals surface area contributed by atoms with E-state index in [9.17, 15) is 0 Å². The summed E-state index contributed by atoms with van der Waals surface area (Å²) in [4.78, 5) is 1.23. The first-order valence-corrected chi connectivity index (χ1v) is 6.15. The van der Waals surface area contributed by atoms with Gasteiger partial charge >= 0.3 is 0 Å². The van der Waals surface area contributed by atoms with Crippen molar-refractivity contribution in [2.24, 2.45) is 0 Å².